The fourth-order valence-corrected chi connectivity index (χ4v) is 9.54. The zero-order chi connectivity index (χ0) is 52.2. The van der Waals surface area contributed by atoms with Crippen molar-refractivity contribution in [1.82, 2.24) is 0 Å². The molecule has 0 bridgehead atoms. The molecule has 1 unspecified atom stereocenters. The van der Waals surface area contributed by atoms with Crippen LogP contribution in [0.2, 0.25) is 0 Å². The fraction of sp³-hybridized carbons (Fsp3) is 0.864. The lowest BCUT2D eigenvalue weighted by atomic mass is 10.0. The van der Waals surface area contributed by atoms with Crippen molar-refractivity contribution in [3.05, 3.63) is 36.5 Å². The zero-order valence-corrected chi connectivity index (χ0v) is 48.5. The van der Waals surface area contributed by atoms with Crippen molar-refractivity contribution < 1.29 is 28.6 Å². The summed E-state index contributed by atoms with van der Waals surface area (Å²) in [5, 5.41) is 0. The summed E-state index contributed by atoms with van der Waals surface area (Å²) in [5.74, 6) is -0.871. The van der Waals surface area contributed by atoms with E-state index >= 15 is 0 Å². The number of rotatable bonds is 59. The Balaban J connectivity index is 4.03. The van der Waals surface area contributed by atoms with Crippen LogP contribution in [0.4, 0.5) is 0 Å². The summed E-state index contributed by atoms with van der Waals surface area (Å²) in [6, 6.07) is 0. The van der Waals surface area contributed by atoms with E-state index in [2.05, 4.69) is 57.2 Å². The molecular formula is C66H122O6. The summed E-state index contributed by atoms with van der Waals surface area (Å²) >= 11 is 0. The average molecular weight is 1010 g/mol. The zero-order valence-electron chi connectivity index (χ0n) is 48.5. The predicted molar refractivity (Wildman–Crippen MR) is 312 cm³/mol. The SMILES string of the molecule is CCC/C=C\C/C=C\CCCCCCCC(=O)OC(COC(=O)CCCCCCCCCCCC)COC(=O)CCCCCCCCCCCCCCCCCCCCC/C=C\CCCCCCCCCC. The molecule has 0 fully saturated rings. The lowest BCUT2D eigenvalue weighted by molar-refractivity contribution is -0.167. The van der Waals surface area contributed by atoms with E-state index < -0.39 is 6.10 Å². The van der Waals surface area contributed by atoms with E-state index in [4.69, 9.17) is 14.2 Å². The Labute approximate surface area is 448 Å². The van der Waals surface area contributed by atoms with E-state index in [0.29, 0.717) is 19.3 Å². The first kappa shape index (κ1) is 69.6. The number of hydrogen-bond acceptors (Lipinski definition) is 6. The van der Waals surface area contributed by atoms with Gasteiger partial charge in [-0.25, -0.2) is 0 Å². The number of unbranched alkanes of at least 4 members (excludes halogenated alkanes) is 42. The molecule has 0 N–H and O–H groups in total. The molecule has 0 aliphatic heterocycles. The van der Waals surface area contributed by atoms with Crippen molar-refractivity contribution >= 4 is 17.9 Å². The smallest absolute Gasteiger partial charge is 0.306 e. The van der Waals surface area contributed by atoms with Crippen molar-refractivity contribution in [2.45, 2.75) is 354 Å². The fourth-order valence-electron chi connectivity index (χ4n) is 9.54. The highest BCUT2D eigenvalue weighted by Crippen LogP contribution is 2.18. The number of hydrogen-bond donors (Lipinski definition) is 0. The maximum Gasteiger partial charge on any atom is 0.306 e. The molecule has 422 valence electrons. The number of esters is 3. The first-order valence-electron chi connectivity index (χ1n) is 32.0. The lowest BCUT2D eigenvalue weighted by Crippen LogP contribution is -2.30. The van der Waals surface area contributed by atoms with Crippen LogP contribution >= 0.6 is 0 Å². The molecule has 0 aliphatic rings. The summed E-state index contributed by atoms with van der Waals surface area (Å²) in [5.41, 5.74) is 0. The van der Waals surface area contributed by atoms with Gasteiger partial charge in [-0.3, -0.25) is 14.4 Å². The Morgan fingerprint density at radius 2 is 0.528 bits per heavy atom. The van der Waals surface area contributed by atoms with Crippen LogP contribution in [-0.4, -0.2) is 37.2 Å². The van der Waals surface area contributed by atoms with Gasteiger partial charge in [0.05, 0.1) is 0 Å². The highest BCUT2D eigenvalue weighted by Gasteiger charge is 2.19. The second-order valence-corrected chi connectivity index (χ2v) is 21.7. The number of carbonyl (C=O) groups excluding carboxylic acids is 3. The van der Waals surface area contributed by atoms with Crippen molar-refractivity contribution in [3.63, 3.8) is 0 Å². The van der Waals surface area contributed by atoms with Crippen LogP contribution in [-0.2, 0) is 28.6 Å². The van der Waals surface area contributed by atoms with Crippen LogP contribution in [0.25, 0.3) is 0 Å². The molecule has 72 heavy (non-hydrogen) atoms. The lowest BCUT2D eigenvalue weighted by Gasteiger charge is -2.18. The largest absolute Gasteiger partial charge is 0.462 e. The second kappa shape index (κ2) is 61.2. The minimum absolute atomic E-state index is 0.0733. The van der Waals surface area contributed by atoms with Crippen LogP contribution in [0.3, 0.4) is 0 Å². The Kier molecular flexibility index (Phi) is 59.2. The standard InChI is InChI=1S/C66H122O6/c1-4-7-10-13-16-19-22-24-25-26-27-28-29-30-31-32-33-34-35-36-37-38-39-40-41-43-44-47-50-53-56-59-65(68)71-62-63(61-70-64(67)58-55-52-49-46-21-18-15-12-9-6-3)72-66(69)60-57-54-51-48-45-42-23-20-17-14-11-8-5-2/h11,14,20,23,26-27,63H,4-10,12-13,15-19,21-22,24-25,28-62H2,1-3H3/b14-11-,23-20-,27-26-. The van der Waals surface area contributed by atoms with Gasteiger partial charge in [0.15, 0.2) is 6.10 Å². The first-order valence-corrected chi connectivity index (χ1v) is 32.0. The highest BCUT2D eigenvalue weighted by atomic mass is 16.6. The second-order valence-electron chi connectivity index (χ2n) is 21.7. The first-order chi connectivity index (χ1) is 35.5. The van der Waals surface area contributed by atoms with Crippen molar-refractivity contribution in [2.75, 3.05) is 13.2 Å². The van der Waals surface area contributed by atoms with Gasteiger partial charge in [0.25, 0.3) is 0 Å². The van der Waals surface area contributed by atoms with Crippen LogP contribution < -0.4 is 0 Å². The Bertz CT molecular complexity index is 1210. The normalized spacial score (nSPS) is 12.2. The Morgan fingerprint density at radius 3 is 0.833 bits per heavy atom. The molecule has 0 rings (SSSR count). The highest BCUT2D eigenvalue weighted by molar-refractivity contribution is 5.71. The molecule has 0 spiro atoms. The Hall–Kier alpha value is -2.37. The van der Waals surface area contributed by atoms with Crippen LogP contribution in [0.15, 0.2) is 36.5 Å². The molecule has 1 atom stereocenters. The molecule has 0 aromatic carbocycles. The van der Waals surface area contributed by atoms with Gasteiger partial charge in [0.2, 0.25) is 0 Å². The van der Waals surface area contributed by atoms with Gasteiger partial charge in [-0.15, -0.1) is 0 Å². The van der Waals surface area contributed by atoms with Gasteiger partial charge in [0.1, 0.15) is 13.2 Å². The summed E-state index contributed by atoms with van der Waals surface area (Å²) < 4.78 is 16.8. The van der Waals surface area contributed by atoms with E-state index in [0.717, 1.165) is 89.9 Å². The van der Waals surface area contributed by atoms with Gasteiger partial charge >= 0.3 is 17.9 Å². The quantitative estimate of drug-likeness (QED) is 0.0261. The maximum absolute atomic E-state index is 12.8. The molecule has 6 heteroatoms. The molecule has 0 aliphatic carbocycles. The number of carbonyl (C=O) groups is 3. The van der Waals surface area contributed by atoms with Gasteiger partial charge in [-0.1, -0.05) is 295 Å². The average Bonchev–Trinajstić information content (AvgIpc) is 3.38. The summed E-state index contributed by atoms with van der Waals surface area (Å²) in [6.07, 6.45) is 74.7. The molecule has 0 aromatic heterocycles. The summed E-state index contributed by atoms with van der Waals surface area (Å²) in [4.78, 5) is 38.1. The summed E-state index contributed by atoms with van der Waals surface area (Å²) in [6.45, 7) is 6.59. The molecule has 0 saturated carbocycles. The summed E-state index contributed by atoms with van der Waals surface area (Å²) in [7, 11) is 0. The maximum atomic E-state index is 12.8. The molecule has 6 nitrogen and oxygen atoms in total. The van der Waals surface area contributed by atoms with Gasteiger partial charge in [-0.2, -0.15) is 0 Å². The van der Waals surface area contributed by atoms with Crippen molar-refractivity contribution in [2.24, 2.45) is 0 Å². The number of ether oxygens (including phenoxy) is 3. The van der Waals surface area contributed by atoms with E-state index in [1.807, 2.05) is 0 Å². The predicted octanol–water partition coefficient (Wildman–Crippen LogP) is 21.6. The number of allylic oxidation sites excluding steroid dienone is 6. The third kappa shape index (κ3) is 58.5. The van der Waals surface area contributed by atoms with E-state index in [9.17, 15) is 14.4 Å². The Morgan fingerprint density at radius 1 is 0.278 bits per heavy atom. The van der Waals surface area contributed by atoms with Gasteiger partial charge in [-0.05, 0) is 70.6 Å². The molecule has 0 saturated heterocycles. The van der Waals surface area contributed by atoms with Gasteiger partial charge < -0.3 is 14.2 Å². The van der Waals surface area contributed by atoms with Crippen LogP contribution in [0, 0.1) is 0 Å². The molecule has 0 aromatic rings. The van der Waals surface area contributed by atoms with Crippen molar-refractivity contribution in [3.8, 4) is 0 Å². The molecular weight excluding hydrogens is 889 g/mol. The minimum Gasteiger partial charge on any atom is -0.462 e. The van der Waals surface area contributed by atoms with E-state index in [1.54, 1.807) is 0 Å². The van der Waals surface area contributed by atoms with E-state index in [1.165, 1.54) is 218 Å². The van der Waals surface area contributed by atoms with Gasteiger partial charge in [0, 0.05) is 19.3 Å². The monoisotopic (exact) mass is 1010 g/mol. The van der Waals surface area contributed by atoms with Crippen molar-refractivity contribution in [1.29, 1.82) is 0 Å². The molecule has 0 radical (unpaired) electrons. The molecule has 0 heterocycles. The van der Waals surface area contributed by atoms with Crippen LogP contribution in [0.1, 0.15) is 348 Å². The molecule has 0 amide bonds. The third-order valence-electron chi connectivity index (χ3n) is 14.3. The minimum atomic E-state index is -0.775. The third-order valence-corrected chi connectivity index (χ3v) is 14.3. The van der Waals surface area contributed by atoms with E-state index in [-0.39, 0.29) is 31.1 Å². The topological polar surface area (TPSA) is 78.9 Å². The van der Waals surface area contributed by atoms with Crippen LogP contribution in [0.5, 0.6) is 0 Å².